The number of pyridine rings is 1. The lowest BCUT2D eigenvalue weighted by Crippen LogP contribution is -2.50. The molecule has 1 aromatic carbocycles. The first kappa shape index (κ1) is 20.9. The summed E-state index contributed by atoms with van der Waals surface area (Å²) < 4.78 is 0. The number of nitrogens with one attached hydrogen (secondary N) is 2. The normalized spacial score (nSPS) is 18.8. The van der Waals surface area contributed by atoms with E-state index in [0.29, 0.717) is 25.6 Å². The Bertz CT molecular complexity index is 1120. The predicted molar refractivity (Wildman–Crippen MR) is 126 cm³/mol. The molecule has 1 atom stereocenters. The number of amides is 1. The van der Waals surface area contributed by atoms with Gasteiger partial charge in [0.25, 0.3) is 0 Å². The maximum Gasteiger partial charge on any atom is 0.236 e. The zero-order chi connectivity index (χ0) is 22.1. The Morgan fingerprint density at radius 2 is 2.03 bits per heavy atom. The van der Waals surface area contributed by atoms with E-state index in [1.807, 2.05) is 11.9 Å². The van der Waals surface area contributed by atoms with Crippen LogP contribution in [0.2, 0.25) is 0 Å². The second kappa shape index (κ2) is 8.88. The highest BCUT2D eigenvalue weighted by atomic mass is 16.2. The highest BCUT2D eigenvalue weighted by Gasteiger charge is 2.23. The summed E-state index contributed by atoms with van der Waals surface area (Å²) in [5.41, 5.74) is 12.2. The minimum Gasteiger partial charge on any atom is -0.366 e. The van der Waals surface area contributed by atoms with Gasteiger partial charge < -0.3 is 25.8 Å². The van der Waals surface area contributed by atoms with Crippen LogP contribution in [0.15, 0.2) is 30.3 Å². The summed E-state index contributed by atoms with van der Waals surface area (Å²) in [5, 5.41) is 3.41. The summed E-state index contributed by atoms with van der Waals surface area (Å²) in [7, 11) is 2.01. The standard InChI is InChI=1S/C24H31N7O/c1-26-18-5-2-4-16-8-9-17(27-23(16)18)14-21-28-19-6-3-7-20(24(19)29-21)30-10-12-31(13-11-30)22(32)15-25/h3,6-9,18,26H,2,4-5,10-15,25H2,1H3,(H,28,29). The maximum absolute atomic E-state index is 11.9. The highest BCUT2D eigenvalue weighted by molar-refractivity contribution is 5.89. The molecular formula is C24H31N7O. The van der Waals surface area contributed by atoms with Crippen molar-refractivity contribution in [1.82, 2.24) is 25.2 Å². The van der Waals surface area contributed by atoms with Crippen LogP contribution in [0.25, 0.3) is 11.0 Å². The van der Waals surface area contributed by atoms with Crippen molar-refractivity contribution in [2.75, 3.05) is 44.7 Å². The van der Waals surface area contributed by atoms with Gasteiger partial charge in [-0.05, 0) is 50.1 Å². The van der Waals surface area contributed by atoms with Crippen LogP contribution in [0.3, 0.4) is 0 Å². The van der Waals surface area contributed by atoms with Crippen LogP contribution in [-0.4, -0.2) is 65.5 Å². The van der Waals surface area contributed by atoms with E-state index in [9.17, 15) is 4.79 Å². The summed E-state index contributed by atoms with van der Waals surface area (Å²) in [5.74, 6) is 0.941. The first-order valence-electron chi connectivity index (χ1n) is 11.5. The summed E-state index contributed by atoms with van der Waals surface area (Å²) in [6.07, 6.45) is 4.13. The number of carbonyl (C=O) groups is 1. The van der Waals surface area contributed by atoms with Crippen molar-refractivity contribution >= 4 is 22.6 Å². The van der Waals surface area contributed by atoms with E-state index in [1.165, 1.54) is 17.7 Å². The van der Waals surface area contributed by atoms with Gasteiger partial charge >= 0.3 is 0 Å². The predicted octanol–water partition coefficient (Wildman–Crippen LogP) is 1.75. The maximum atomic E-state index is 11.9. The number of fused-ring (bicyclic) bond motifs is 2. The van der Waals surface area contributed by atoms with Crippen molar-refractivity contribution in [3.8, 4) is 0 Å². The Morgan fingerprint density at radius 3 is 2.81 bits per heavy atom. The Labute approximate surface area is 188 Å². The lowest BCUT2D eigenvalue weighted by molar-refractivity contribution is -0.129. The van der Waals surface area contributed by atoms with Gasteiger partial charge in [-0.15, -0.1) is 0 Å². The van der Waals surface area contributed by atoms with E-state index in [-0.39, 0.29) is 12.5 Å². The number of nitrogens with two attached hydrogens (primary N) is 1. The number of rotatable bonds is 5. The third-order valence-electron chi connectivity index (χ3n) is 6.72. The van der Waals surface area contributed by atoms with Crippen LogP contribution in [0, 0.1) is 0 Å². The van der Waals surface area contributed by atoms with Gasteiger partial charge in [0.05, 0.1) is 23.4 Å². The minimum absolute atomic E-state index is 0.0166. The number of piperazine rings is 1. The molecule has 168 valence electrons. The van der Waals surface area contributed by atoms with E-state index >= 15 is 0 Å². The van der Waals surface area contributed by atoms with Crippen molar-refractivity contribution < 1.29 is 4.79 Å². The number of H-pyrrole nitrogens is 1. The van der Waals surface area contributed by atoms with Gasteiger partial charge in [0.1, 0.15) is 11.3 Å². The van der Waals surface area contributed by atoms with Gasteiger partial charge in [-0.25, -0.2) is 4.98 Å². The van der Waals surface area contributed by atoms with Gasteiger partial charge in [0.2, 0.25) is 5.91 Å². The van der Waals surface area contributed by atoms with Crippen molar-refractivity contribution in [3.05, 3.63) is 53.1 Å². The molecule has 32 heavy (non-hydrogen) atoms. The first-order valence-corrected chi connectivity index (χ1v) is 11.5. The molecule has 2 aromatic heterocycles. The monoisotopic (exact) mass is 433 g/mol. The highest BCUT2D eigenvalue weighted by Crippen LogP contribution is 2.29. The van der Waals surface area contributed by atoms with Gasteiger partial charge in [0, 0.05) is 44.3 Å². The molecule has 0 saturated carbocycles. The molecule has 1 saturated heterocycles. The number of aryl methyl sites for hydroxylation is 1. The molecule has 3 heterocycles. The Morgan fingerprint density at radius 1 is 1.19 bits per heavy atom. The number of para-hydroxylation sites is 1. The van der Waals surface area contributed by atoms with Gasteiger partial charge in [0.15, 0.2) is 0 Å². The quantitative estimate of drug-likeness (QED) is 0.567. The molecule has 4 N–H and O–H groups in total. The molecule has 1 aliphatic heterocycles. The topological polar surface area (TPSA) is 103 Å². The molecule has 3 aromatic rings. The fourth-order valence-corrected chi connectivity index (χ4v) is 4.98. The average molecular weight is 434 g/mol. The number of aromatic nitrogens is 3. The van der Waals surface area contributed by atoms with Crippen LogP contribution < -0.4 is 16.0 Å². The number of carbonyl (C=O) groups excluding carboxylic acids is 1. The average Bonchev–Trinajstić information content (AvgIpc) is 3.25. The van der Waals surface area contributed by atoms with E-state index in [1.54, 1.807) is 0 Å². The third kappa shape index (κ3) is 3.96. The smallest absolute Gasteiger partial charge is 0.236 e. The number of aromatic amines is 1. The molecule has 5 rings (SSSR count). The summed E-state index contributed by atoms with van der Waals surface area (Å²) in [4.78, 5) is 29.5. The third-order valence-corrected chi connectivity index (χ3v) is 6.72. The van der Waals surface area contributed by atoms with E-state index in [0.717, 1.165) is 54.2 Å². The van der Waals surface area contributed by atoms with Crippen LogP contribution in [-0.2, 0) is 17.6 Å². The van der Waals surface area contributed by atoms with Gasteiger partial charge in [-0.1, -0.05) is 12.1 Å². The molecule has 1 unspecified atom stereocenters. The molecule has 0 spiro atoms. The Balaban J connectivity index is 1.37. The number of benzene rings is 1. The number of hydrogen-bond donors (Lipinski definition) is 3. The molecule has 1 amide bonds. The van der Waals surface area contributed by atoms with Crippen LogP contribution in [0.5, 0.6) is 0 Å². The zero-order valence-corrected chi connectivity index (χ0v) is 18.6. The number of imidazole rings is 1. The lowest BCUT2D eigenvalue weighted by Gasteiger charge is -2.36. The van der Waals surface area contributed by atoms with Gasteiger partial charge in [-0.3, -0.25) is 9.78 Å². The molecule has 1 fully saturated rings. The van der Waals surface area contributed by atoms with Crippen molar-refractivity contribution in [1.29, 1.82) is 0 Å². The summed E-state index contributed by atoms with van der Waals surface area (Å²) in [6.45, 7) is 3.02. The zero-order valence-electron chi connectivity index (χ0n) is 18.6. The van der Waals surface area contributed by atoms with E-state index in [2.05, 4.69) is 45.5 Å². The summed E-state index contributed by atoms with van der Waals surface area (Å²) in [6, 6.07) is 11.0. The largest absolute Gasteiger partial charge is 0.366 e. The SMILES string of the molecule is CNC1CCCc2ccc(Cc3nc4c(N5CCN(C(=O)CN)CC5)cccc4[nH]3)nc21. The van der Waals surface area contributed by atoms with E-state index < -0.39 is 0 Å². The molecule has 0 radical (unpaired) electrons. The summed E-state index contributed by atoms with van der Waals surface area (Å²) >= 11 is 0. The molecular weight excluding hydrogens is 402 g/mol. The fraction of sp³-hybridized carbons (Fsp3) is 0.458. The fourth-order valence-electron chi connectivity index (χ4n) is 4.98. The van der Waals surface area contributed by atoms with Crippen molar-refractivity contribution in [2.24, 2.45) is 5.73 Å². The number of hydrogen-bond acceptors (Lipinski definition) is 6. The number of anilines is 1. The van der Waals surface area contributed by atoms with Crippen molar-refractivity contribution in [2.45, 2.75) is 31.7 Å². The second-order valence-corrected chi connectivity index (χ2v) is 8.69. The van der Waals surface area contributed by atoms with Gasteiger partial charge in [-0.2, -0.15) is 0 Å². The molecule has 8 heteroatoms. The molecule has 8 nitrogen and oxygen atoms in total. The van der Waals surface area contributed by atoms with Crippen LogP contribution in [0.4, 0.5) is 5.69 Å². The molecule has 2 aliphatic rings. The molecule has 0 bridgehead atoms. The molecule has 1 aliphatic carbocycles. The van der Waals surface area contributed by atoms with Crippen molar-refractivity contribution in [3.63, 3.8) is 0 Å². The Hall–Kier alpha value is -2.97. The van der Waals surface area contributed by atoms with E-state index in [4.69, 9.17) is 15.7 Å². The first-order chi connectivity index (χ1) is 15.7. The van der Waals surface area contributed by atoms with Crippen LogP contribution in [0.1, 0.15) is 41.7 Å². The lowest BCUT2D eigenvalue weighted by atomic mass is 9.91. The number of nitrogens with zero attached hydrogens (tertiary/aromatic N) is 4. The second-order valence-electron chi connectivity index (χ2n) is 8.69. The van der Waals surface area contributed by atoms with Crippen LogP contribution >= 0.6 is 0 Å². The minimum atomic E-state index is 0.0166. The Kier molecular flexibility index (Phi) is 5.80.